The SMILES string of the molecule is C=CC(=O)Nc1cc2c(Nc3ccc(Br)cc3F)ncnc2cc1OC(N)C(C)C(=O)CC. The molecule has 0 saturated heterocycles. The first-order valence-corrected chi connectivity index (χ1v) is 10.9. The number of hydrogen-bond donors (Lipinski definition) is 3. The van der Waals surface area contributed by atoms with Crippen molar-refractivity contribution in [1.82, 2.24) is 9.97 Å². The molecule has 0 radical (unpaired) electrons. The molecule has 0 bridgehead atoms. The fourth-order valence-electron chi connectivity index (χ4n) is 3.03. The second-order valence-corrected chi connectivity index (χ2v) is 8.14. The first kappa shape index (κ1) is 24.3. The minimum atomic E-state index is -0.939. The number of halogens is 2. The number of carbonyl (C=O) groups is 2. The first-order valence-electron chi connectivity index (χ1n) is 10.1. The maximum Gasteiger partial charge on any atom is 0.247 e. The number of anilines is 3. The molecule has 33 heavy (non-hydrogen) atoms. The van der Waals surface area contributed by atoms with Gasteiger partial charge in [-0.2, -0.15) is 0 Å². The lowest BCUT2D eigenvalue weighted by atomic mass is 10.0. The summed E-state index contributed by atoms with van der Waals surface area (Å²) >= 11 is 3.22. The van der Waals surface area contributed by atoms with Crippen LogP contribution in [0.1, 0.15) is 20.3 Å². The van der Waals surface area contributed by atoms with Gasteiger partial charge in [0.05, 0.1) is 22.8 Å². The topological polar surface area (TPSA) is 119 Å². The van der Waals surface area contributed by atoms with Crippen LogP contribution >= 0.6 is 15.9 Å². The van der Waals surface area contributed by atoms with E-state index in [1.165, 1.54) is 12.4 Å². The van der Waals surface area contributed by atoms with Crippen molar-refractivity contribution in [2.45, 2.75) is 26.5 Å². The van der Waals surface area contributed by atoms with E-state index in [4.69, 9.17) is 10.5 Å². The Hall–Kier alpha value is -3.37. The molecular formula is C23H23BrFN5O3. The van der Waals surface area contributed by atoms with Crippen LogP contribution in [0.25, 0.3) is 10.9 Å². The maximum absolute atomic E-state index is 14.3. The Morgan fingerprint density at radius 2 is 2.03 bits per heavy atom. The molecule has 0 spiro atoms. The zero-order valence-corrected chi connectivity index (χ0v) is 19.6. The minimum absolute atomic E-state index is 0.0506. The Morgan fingerprint density at radius 1 is 1.27 bits per heavy atom. The van der Waals surface area contributed by atoms with E-state index in [1.807, 2.05) is 0 Å². The van der Waals surface area contributed by atoms with Crippen molar-refractivity contribution in [1.29, 1.82) is 0 Å². The van der Waals surface area contributed by atoms with Gasteiger partial charge >= 0.3 is 0 Å². The third-order valence-corrected chi connectivity index (χ3v) is 5.47. The first-order chi connectivity index (χ1) is 15.7. The number of fused-ring (bicyclic) bond motifs is 1. The molecule has 1 heterocycles. The molecule has 8 nitrogen and oxygen atoms in total. The van der Waals surface area contributed by atoms with Crippen LogP contribution in [0.3, 0.4) is 0 Å². The Morgan fingerprint density at radius 3 is 2.70 bits per heavy atom. The number of carbonyl (C=O) groups excluding carboxylic acids is 2. The molecule has 0 saturated carbocycles. The van der Waals surface area contributed by atoms with Crippen molar-refractivity contribution in [2.75, 3.05) is 10.6 Å². The summed E-state index contributed by atoms with van der Waals surface area (Å²) in [7, 11) is 0. The lowest BCUT2D eigenvalue weighted by Gasteiger charge is -2.22. The molecule has 0 fully saturated rings. The van der Waals surface area contributed by atoms with Gasteiger partial charge in [0, 0.05) is 22.3 Å². The maximum atomic E-state index is 14.3. The molecule has 172 valence electrons. The predicted octanol–water partition coefficient (Wildman–Crippen LogP) is 4.68. The summed E-state index contributed by atoms with van der Waals surface area (Å²) in [5.74, 6) is -1.02. The van der Waals surface area contributed by atoms with Gasteiger partial charge in [-0.3, -0.25) is 15.3 Å². The number of nitrogens with zero attached hydrogens (tertiary/aromatic N) is 2. The molecule has 2 unspecified atom stereocenters. The number of amides is 1. The molecule has 1 amide bonds. The Kier molecular flexibility index (Phi) is 7.72. The lowest BCUT2D eigenvalue weighted by molar-refractivity contribution is -0.124. The molecule has 2 aromatic carbocycles. The normalized spacial score (nSPS) is 12.6. The Balaban J connectivity index is 2.05. The van der Waals surface area contributed by atoms with Crippen LogP contribution in [0.5, 0.6) is 5.75 Å². The number of aromatic nitrogens is 2. The van der Waals surface area contributed by atoms with Gasteiger partial charge < -0.3 is 15.4 Å². The van der Waals surface area contributed by atoms with E-state index in [0.29, 0.717) is 27.6 Å². The number of ether oxygens (including phenoxy) is 1. The van der Waals surface area contributed by atoms with Crippen molar-refractivity contribution in [3.05, 3.63) is 59.6 Å². The molecule has 1 aromatic heterocycles. The molecule has 3 rings (SSSR count). The highest BCUT2D eigenvalue weighted by Crippen LogP contribution is 2.34. The van der Waals surface area contributed by atoms with Gasteiger partial charge in [0.2, 0.25) is 5.91 Å². The number of nitrogens with one attached hydrogen (secondary N) is 2. The summed E-state index contributed by atoms with van der Waals surface area (Å²) in [4.78, 5) is 32.5. The number of nitrogens with two attached hydrogens (primary N) is 1. The molecule has 3 aromatic rings. The van der Waals surface area contributed by atoms with Crippen molar-refractivity contribution < 1.29 is 18.7 Å². The average Bonchev–Trinajstić information content (AvgIpc) is 2.80. The van der Waals surface area contributed by atoms with E-state index in [1.54, 1.807) is 38.1 Å². The fourth-order valence-corrected chi connectivity index (χ4v) is 3.37. The van der Waals surface area contributed by atoms with Gasteiger partial charge in [0.15, 0.2) is 6.23 Å². The average molecular weight is 516 g/mol. The van der Waals surface area contributed by atoms with E-state index in [9.17, 15) is 14.0 Å². The van der Waals surface area contributed by atoms with Gasteiger partial charge in [-0.05, 0) is 30.3 Å². The van der Waals surface area contributed by atoms with E-state index in [0.717, 1.165) is 6.08 Å². The standard InChI is InChI=1S/C23H23BrFN5O3/c1-4-19(31)12(3)22(26)33-20-10-17-14(9-18(20)29-21(32)5-2)23(28-11-27-17)30-16-7-6-13(24)8-15(16)25/h5-12,22H,2,4,26H2,1,3H3,(H,29,32)(H,27,28,30). The zero-order chi connectivity index (χ0) is 24.1. The van der Waals surface area contributed by atoms with Gasteiger partial charge in [-0.25, -0.2) is 14.4 Å². The molecule has 10 heteroatoms. The van der Waals surface area contributed by atoms with Crippen molar-refractivity contribution in [3.63, 3.8) is 0 Å². The van der Waals surface area contributed by atoms with Crippen LogP contribution in [0, 0.1) is 11.7 Å². The van der Waals surface area contributed by atoms with Crippen LogP contribution in [0.2, 0.25) is 0 Å². The Labute approximate surface area is 198 Å². The third kappa shape index (κ3) is 5.71. The fraction of sp³-hybridized carbons (Fsp3) is 0.217. The van der Waals surface area contributed by atoms with Gasteiger partial charge in [0.1, 0.15) is 29.5 Å². The summed E-state index contributed by atoms with van der Waals surface area (Å²) in [6.45, 7) is 6.88. The summed E-state index contributed by atoms with van der Waals surface area (Å²) in [6, 6.07) is 7.74. The van der Waals surface area contributed by atoms with Crippen LogP contribution in [0.15, 0.2) is 53.8 Å². The molecule has 0 aliphatic heterocycles. The zero-order valence-electron chi connectivity index (χ0n) is 18.1. The van der Waals surface area contributed by atoms with E-state index >= 15 is 0 Å². The largest absolute Gasteiger partial charge is 0.473 e. The molecule has 2 atom stereocenters. The summed E-state index contributed by atoms with van der Waals surface area (Å²) in [5, 5.41) is 6.11. The number of hydrogen-bond acceptors (Lipinski definition) is 7. The summed E-state index contributed by atoms with van der Waals surface area (Å²) in [5.41, 5.74) is 7.04. The van der Waals surface area contributed by atoms with E-state index < -0.39 is 23.9 Å². The summed E-state index contributed by atoms with van der Waals surface area (Å²) < 4.78 is 20.8. The predicted molar refractivity (Wildman–Crippen MR) is 129 cm³/mol. The molecule has 0 aliphatic rings. The van der Waals surface area contributed by atoms with Crippen LogP contribution in [-0.2, 0) is 9.59 Å². The quantitative estimate of drug-likeness (QED) is 0.279. The van der Waals surface area contributed by atoms with Crippen molar-refractivity contribution in [2.24, 2.45) is 11.7 Å². The second kappa shape index (κ2) is 10.5. The van der Waals surface area contributed by atoms with Crippen molar-refractivity contribution in [3.8, 4) is 5.75 Å². The van der Waals surface area contributed by atoms with Gasteiger partial charge in [-0.15, -0.1) is 0 Å². The molecule has 0 aliphatic carbocycles. The number of ketones is 1. The monoisotopic (exact) mass is 515 g/mol. The highest BCUT2D eigenvalue weighted by atomic mass is 79.9. The molecule has 4 N–H and O–H groups in total. The number of rotatable bonds is 9. The van der Waals surface area contributed by atoms with Gasteiger partial charge in [-0.1, -0.05) is 36.4 Å². The van der Waals surface area contributed by atoms with Crippen LogP contribution < -0.4 is 21.1 Å². The smallest absolute Gasteiger partial charge is 0.247 e. The highest BCUT2D eigenvalue weighted by Gasteiger charge is 2.23. The third-order valence-electron chi connectivity index (χ3n) is 4.98. The highest BCUT2D eigenvalue weighted by molar-refractivity contribution is 9.10. The van der Waals surface area contributed by atoms with E-state index in [2.05, 4.69) is 43.1 Å². The van der Waals surface area contributed by atoms with Crippen molar-refractivity contribution >= 4 is 55.7 Å². The van der Waals surface area contributed by atoms with Crippen LogP contribution in [-0.4, -0.2) is 27.9 Å². The van der Waals surface area contributed by atoms with E-state index in [-0.39, 0.29) is 22.9 Å². The lowest BCUT2D eigenvalue weighted by Crippen LogP contribution is -2.38. The van der Waals surface area contributed by atoms with Gasteiger partial charge in [0.25, 0.3) is 0 Å². The summed E-state index contributed by atoms with van der Waals surface area (Å²) in [6.07, 6.45) is 1.81. The second-order valence-electron chi connectivity index (χ2n) is 7.22. The Bertz CT molecular complexity index is 1220. The molecular weight excluding hydrogens is 493 g/mol. The number of benzene rings is 2. The van der Waals surface area contributed by atoms with Crippen LogP contribution in [0.4, 0.5) is 21.6 Å². The minimum Gasteiger partial charge on any atom is -0.473 e. The number of Topliss-reactive ketones (excluding diaryl/α,β-unsaturated/α-hetero) is 1.